The van der Waals surface area contributed by atoms with Crippen molar-refractivity contribution in [3.8, 4) is 0 Å². The average Bonchev–Trinajstić information content (AvgIpc) is 3.19. The Morgan fingerprint density at radius 3 is 2.88 bits per heavy atom. The van der Waals surface area contributed by atoms with E-state index in [1.165, 1.54) is 0 Å². The predicted molar refractivity (Wildman–Crippen MR) is 98.0 cm³/mol. The van der Waals surface area contributed by atoms with E-state index >= 15 is 0 Å². The fraction of sp³-hybridized carbons (Fsp3) is 0.278. The summed E-state index contributed by atoms with van der Waals surface area (Å²) in [5.74, 6) is 0. The molecule has 0 spiro atoms. The number of hydrogen-bond donors (Lipinski definition) is 1. The lowest BCUT2D eigenvalue weighted by molar-refractivity contribution is 0.133. The molecule has 0 bridgehead atoms. The van der Waals surface area contributed by atoms with Crippen molar-refractivity contribution in [1.82, 2.24) is 9.71 Å². The lowest BCUT2D eigenvalue weighted by atomic mass is 10.1. The van der Waals surface area contributed by atoms with E-state index in [9.17, 15) is 8.42 Å². The lowest BCUT2D eigenvalue weighted by Crippen LogP contribution is -2.34. The molecule has 4 rings (SSSR count). The number of rotatable bonds is 5. The van der Waals surface area contributed by atoms with E-state index < -0.39 is 10.0 Å². The summed E-state index contributed by atoms with van der Waals surface area (Å²) in [7, 11) is -3.59. The molecule has 25 heavy (non-hydrogen) atoms. The molecule has 2 aromatic carbocycles. The van der Waals surface area contributed by atoms with Gasteiger partial charge in [-0.05, 0) is 30.7 Å². The molecule has 1 aliphatic rings. The Morgan fingerprint density at radius 1 is 1.20 bits per heavy atom. The van der Waals surface area contributed by atoms with Crippen molar-refractivity contribution in [2.75, 3.05) is 0 Å². The van der Waals surface area contributed by atoms with Crippen LogP contribution in [0.1, 0.15) is 23.1 Å². The highest BCUT2D eigenvalue weighted by molar-refractivity contribution is 7.89. The van der Waals surface area contributed by atoms with Crippen LogP contribution in [0.2, 0.25) is 0 Å². The highest BCUT2D eigenvalue weighted by Crippen LogP contribution is 2.27. The van der Waals surface area contributed by atoms with Gasteiger partial charge in [0, 0.05) is 18.0 Å². The van der Waals surface area contributed by atoms with E-state index in [1.807, 2.05) is 37.3 Å². The van der Waals surface area contributed by atoms with Crippen LogP contribution in [-0.2, 0) is 34.4 Å². The molecule has 0 saturated carbocycles. The lowest BCUT2D eigenvalue weighted by Gasteiger charge is -2.15. The molecule has 0 radical (unpaired) electrons. The monoisotopic (exact) mass is 374 g/mol. The topological polar surface area (TPSA) is 68.3 Å². The summed E-state index contributed by atoms with van der Waals surface area (Å²) in [6.07, 6.45) is 0.560. The minimum absolute atomic E-state index is 0.247. The van der Waals surface area contributed by atoms with Gasteiger partial charge in [-0.15, -0.1) is 11.3 Å². The second kappa shape index (κ2) is 6.49. The van der Waals surface area contributed by atoms with Crippen LogP contribution >= 0.6 is 11.3 Å². The summed E-state index contributed by atoms with van der Waals surface area (Å²) in [6.45, 7) is 2.68. The fourth-order valence-electron chi connectivity index (χ4n) is 3.06. The molecule has 5 nitrogen and oxygen atoms in total. The molecule has 0 aliphatic carbocycles. The second-order valence-electron chi connectivity index (χ2n) is 6.19. The molecule has 7 heteroatoms. The van der Waals surface area contributed by atoms with Gasteiger partial charge in [0.05, 0.1) is 33.3 Å². The largest absolute Gasteiger partial charge is 0.372 e. The Hall–Kier alpha value is -1.80. The van der Waals surface area contributed by atoms with E-state index in [1.54, 1.807) is 23.5 Å². The highest BCUT2D eigenvalue weighted by Gasteiger charge is 2.25. The van der Waals surface area contributed by atoms with Gasteiger partial charge < -0.3 is 4.74 Å². The van der Waals surface area contributed by atoms with Crippen molar-refractivity contribution in [3.63, 3.8) is 0 Å². The van der Waals surface area contributed by atoms with Crippen LogP contribution in [0.5, 0.6) is 0 Å². The van der Waals surface area contributed by atoms with E-state index in [0.717, 1.165) is 26.4 Å². The molecule has 1 aromatic heterocycles. The number of nitrogens with zero attached hydrogens (tertiary/aromatic N) is 1. The minimum Gasteiger partial charge on any atom is -0.372 e. The number of benzene rings is 2. The van der Waals surface area contributed by atoms with Crippen LogP contribution in [0, 0.1) is 0 Å². The number of fused-ring (bicyclic) bond motifs is 2. The Morgan fingerprint density at radius 2 is 2.04 bits per heavy atom. The van der Waals surface area contributed by atoms with Crippen molar-refractivity contribution < 1.29 is 13.2 Å². The van der Waals surface area contributed by atoms with Crippen LogP contribution in [0.4, 0.5) is 0 Å². The highest BCUT2D eigenvalue weighted by atomic mass is 32.2. The number of para-hydroxylation sites is 1. The Kier molecular flexibility index (Phi) is 4.33. The van der Waals surface area contributed by atoms with E-state index in [0.29, 0.717) is 24.5 Å². The second-order valence-corrected chi connectivity index (χ2v) is 8.99. The number of nitrogens with one attached hydrogen (secondary N) is 1. The fourth-order valence-corrected chi connectivity index (χ4v) is 5.67. The van der Waals surface area contributed by atoms with E-state index in [4.69, 9.17) is 4.74 Å². The van der Waals surface area contributed by atoms with Crippen LogP contribution in [0.3, 0.4) is 0 Å². The maximum Gasteiger partial charge on any atom is 0.241 e. The average molecular weight is 374 g/mol. The zero-order valence-corrected chi connectivity index (χ0v) is 15.4. The van der Waals surface area contributed by atoms with Gasteiger partial charge in [0.15, 0.2) is 0 Å². The summed E-state index contributed by atoms with van der Waals surface area (Å²) in [5.41, 5.74) is 2.67. The number of hydrogen-bond acceptors (Lipinski definition) is 5. The maximum atomic E-state index is 12.8. The summed E-state index contributed by atoms with van der Waals surface area (Å²) in [5, 5.41) is 0.929. The van der Waals surface area contributed by atoms with Crippen molar-refractivity contribution >= 4 is 31.6 Å². The predicted octanol–water partition coefficient (Wildman–Crippen LogP) is 3.24. The summed E-state index contributed by atoms with van der Waals surface area (Å²) >= 11 is 1.60. The van der Waals surface area contributed by atoms with Gasteiger partial charge in [-0.2, -0.15) is 0 Å². The molecular formula is C18H18N2O3S2. The van der Waals surface area contributed by atoms with Crippen LogP contribution in [0.25, 0.3) is 10.2 Å². The molecule has 0 fully saturated rings. The summed E-state index contributed by atoms with van der Waals surface area (Å²) in [4.78, 5) is 4.90. The van der Waals surface area contributed by atoms with Crippen molar-refractivity contribution in [3.05, 3.63) is 58.6 Å². The van der Waals surface area contributed by atoms with Gasteiger partial charge in [-0.3, -0.25) is 0 Å². The van der Waals surface area contributed by atoms with Crippen LogP contribution in [-0.4, -0.2) is 19.4 Å². The van der Waals surface area contributed by atoms with Gasteiger partial charge in [-0.25, -0.2) is 18.1 Å². The first kappa shape index (κ1) is 16.7. The van der Waals surface area contributed by atoms with Gasteiger partial charge in [-0.1, -0.05) is 24.3 Å². The number of thiazole rings is 1. The maximum absolute atomic E-state index is 12.8. The van der Waals surface area contributed by atoms with Gasteiger partial charge in [0.2, 0.25) is 10.0 Å². The van der Waals surface area contributed by atoms with Gasteiger partial charge in [0.25, 0.3) is 0 Å². The molecule has 0 amide bonds. The Bertz CT molecular complexity index is 995. The molecule has 2 heterocycles. The molecule has 130 valence electrons. The smallest absolute Gasteiger partial charge is 0.241 e. The number of sulfonamides is 1. The van der Waals surface area contributed by atoms with Crippen molar-refractivity contribution in [1.29, 1.82) is 0 Å². The molecule has 1 aliphatic heterocycles. The first-order valence-electron chi connectivity index (χ1n) is 8.08. The van der Waals surface area contributed by atoms with E-state index in [2.05, 4.69) is 9.71 Å². The molecule has 1 unspecified atom stereocenters. The summed E-state index contributed by atoms with van der Waals surface area (Å²) in [6, 6.07) is 13.0. The molecule has 3 aromatic rings. The van der Waals surface area contributed by atoms with E-state index in [-0.39, 0.29) is 6.04 Å². The Balaban J connectivity index is 1.53. The van der Waals surface area contributed by atoms with Crippen molar-refractivity contribution in [2.24, 2.45) is 0 Å². The Labute approximate surface area is 150 Å². The normalized spacial score (nSPS) is 15.4. The van der Waals surface area contributed by atoms with Crippen LogP contribution in [0.15, 0.2) is 47.4 Å². The van der Waals surface area contributed by atoms with Crippen molar-refractivity contribution in [2.45, 2.75) is 37.5 Å². The zero-order valence-electron chi connectivity index (χ0n) is 13.7. The zero-order chi connectivity index (χ0) is 17.4. The minimum atomic E-state index is -3.59. The number of aromatic nitrogens is 1. The SMILES string of the molecule is CC(Cc1nc2ccccc2s1)NS(=O)(=O)c1cccc2c1COC2. The first-order chi connectivity index (χ1) is 12.0. The van der Waals surface area contributed by atoms with Gasteiger partial charge >= 0.3 is 0 Å². The quantitative estimate of drug-likeness (QED) is 0.744. The third-order valence-electron chi connectivity index (χ3n) is 4.20. The molecular weight excluding hydrogens is 356 g/mol. The van der Waals surface area contributed by atoms with Gasteiger partial charge in [0.1, 0.15) is 0 Å². The molecule has 1 atom stereocenters. The van der Waals surface area contributed by atoms with Crippen LogP contribution < -0.4 is 4.72 Å². The number of ether oxygens (including phenoxy) is 1. The third kappa shape index (κ3) is 3.32. The first-order valence-corrected chi connectivity index (χ1v) is 10.4. The molecule has 0 saturated heterocycles. The third-order valence-corrected chi connectivity index (χ3v) is 6.93. The molecule has 1 N–H and O–H groups in total. The standard InChI is InChI=1S/C18H18N2O3S2/c1-12(9-18-19-15-6-2-3-7-16(15)24-18)20-25(21,22)17-8-4-5-13-10-23-11-14(13)17/h2-8,12,20H,9-11H2,1H3. The summed E-state index contributed by atoms with van der Waals surface area (Å²) < 4.78 is 34.8.